The summed E-state index contributed by atoms with van der Waals surface area (Å²) in [5.74, 6) is 0. The summed E-state index contributed by atoms with van der Waals surface area (Å²) in [5.41, 5.74) is 1.59. The van der Waals surface area contributed by atoms with E-state index in [0.29, 0.717) is 6.04 Å². The van der Waals surface area contributed by atoms with Gasteiger partial charge in [-0.1, -0.05) is 27.7 Å². The van der Waals surface area contributed by atoms with E-state index in [1.807, 2.05) is 12.5 Å². The van der Waals surface area contributed by atoms with Crippen molar-refractivity contribution in [1.82, 2.24) is 9.55 Å². The molecule has 0 radical (unpaired) electrons. The van der Waals surface area contributed by atoms with Gasteiger partial charge in [0.2, 0.25) is 0 Å². The molecule has 80 valence electrons. The molecule has 2 nitrogen and oxygen atoms in total. The monoisotopic (exact) mass is 194 g/mol. The van der Waals surface area contributed by atoms with E-state index in [1.54, 1.807) is 0 Å². The van der Waals surface area contributed by atoms with Gasteiger partial charge in [-0.15, -0.1) is 0 Å². The van der Waals surface area contributed by atoms with E-state index in [2.05, 4.69) is 44.2 Å². The van der Waals surface area contributed by atoms with E-state index in [0.717, 1.165) is 12.8 Å². The molecule has 0 amide bonds. The van der Waals surface area contributed by atoms with Crippen LogP contribution in [0.1, 0.15) is 59.2 Å². The second-order valence-electron chi connectivity index (χ2n) is 4.68. The summed E-state index contributed by atoms with van der Waals surface area (Å²) >= 11 is 0. The Morgan fingerprint density at radius 2 is 2.07 bits per heavy atom. The average molecular weight is 194 g/mol. The van der Waals surface area contributed by atoms with Crippen LogP contribution in [-0.2, 0) is 5.41 Å². The average Bonchev–Trinajstić information content (AvgIpc) is 2.65. The van der Waals surface area contributed by atoms with Crippen LogP contribution in [0.2, 0.25) is 0 Å². The van der Waals surface area contributed by atoms with Gasteiger partial charge >= 0.3 is 0 Å². The molecule has 2 heteroatoms. The molecule has 14 heavy (non-hydrogen) atoms. The van der Waals surface area contributed by atoms with Crippen LogP contribution < -0.4 is 0 Å². The number of hydrogen-bond donors (Lipinski definition) is 0. The Bertz CT molecular complexity index is 286. The zero-order valence-corrected chi connectivity index (χ0v) is 10.0. The zero-order chi connectivity index (χ0) is 10.8. The van der Waals surface area contributed by atoms with Crippen molar-refractivity contribution >= 4 is 0 Å². The zero-order valence-electron chi connectivity index (χ0n) is 10.0. The number of nitrogens with zero attached hydrogens (tertiary/aromatic N) is 2. The second-order valence-corrected chi connectivity index (χ2v) is 4.68. The lowest BCUT2D eigenvalue weighted by atomic mass is 9.86. The first kappa shape index (κ1) is 11.3. The molecule has 1 aromatic rings. The Morgan fingerprint density at radius 3 is 2.57 bits per heavy atom. The molecule has 0 bridgehead atoms. The Morgan fingerprint density at radius 1 is 1.43 bits per heavy atom. The maximum Gasteiger partial charge on any atom is 0.0950 e. The van der Waals surface area contributed by atoms with Gasteiger partial charge < -0.3 is 4.57 Å². The van der Waals surface area contributed by atoms with Crippen LogP contribution in [0, 0.1) is 0 Å². The van der Waals surface area contributed by atoms with Crippen LogP contribution in [0.15, 0.2) is 12.5 Å². The third-order valence-electron chi connectivity index (χ3n) is 3.31. The first-order valence-electron chi connectivity index (χ1n) is 5.55. The van der Waals surface area contributed by atoms with Crippen molar-refractivity contribution < 1.29 is 0 Å². The molecule has 0 aliphatic carbocycles. The predicted octanol–water partition coefficient (Wildman–Crippen LogP) is 3.54. The molecule has 1 rings (SSSR count). The summed E-state index contributed by atoms with van der Waals surface area (Å²) in [7, 11) is 0. The Hall–Kier alpha value is -0.790. The summed E-state index contributed by atoms with van der Waals surface area (Å²) in [6.07, 6.45) is 6.27. The van der Waals surface area contributed by atoms with Crippen molar-refractivity contribution in [3.05, 3.63) is 18.2 Å². The molecule has 0 N–H and O–H groups in total. The van der Waals surface area contributed by atoms with Crippen LogP contribution >= 0.6 is 0 Å². The molecular formula is C12H22N2. The summed E-state index contributed by atoms with van der Waals surface area (Å²) in [5, 5.41) is 0. The molecule has 1 aromatic heterocycles. The minimum atomic E-state index is 0.236. The predicted molar refractivity (Wildman–Crippen MR) is 60.5 cm³/mol. The molecule has 0 aliphatic rings. The smallest absolute Gasteiger partial charge is 0.0950 e. The van der Waals surface area contributed by atoms with Gasteiger partial charge in [0.25, 0.3) is 0 Å². The van der Waals surface area contributed by atoms with Crippen LogP contribution in [-0.4, -0.2) is 9.55 Å². The Kier molecular flexibility index (Phi) is 3.35. The number of imidazole rings is 1. The van der Waals surface area contributed by atoms with E-state index in [-0.39, 0.29) is 5.41 Å². The van der Waals surface area contributed by atoms with Crippen molar-refractivity contribution in [2.75, 3.05) is 0 Å². The van der Waals surface area contributed by atoms with E-state index >= 15 is 0 Å². The fraction of sp³-hybridized carbons (Fsp3) is 0.750. The molecular weight excluding hydrogens is 172 g/mol. The summed E-state index contributed by atoms with van der Waals surface area (Å²) in [4.78, 5) is 4.27. The summed E-state index contributed by atoms with van der Waals surface area (Å²) in [6.45, 7) is 11.3. The first-order valence-corrected chi connectivity index (χ1v) is 5.55. The normalized spacial score (nSPS) is 14.4. The fourth-order valence-electron chi connectivity index (χ4n) is 1.56. The van der Waals surface area contributed by atoms with Crippen molar-refractivity contribution in [3.8, 4) is 0 Å². The van der Waals surface area contributed by atoms with Gasteiger partial charge in [-0.05, 0) is 19.8 Å². The maximum absolute atomic E-state index is 4.27. The molecule has 0 aromatic carbocycles. The Balaban J connectivity index is 3.04. The third kappa shape index (κ3) is 1.99. The highest BCUT2D eigenvalue weighted by Gasteiger charge is 2.23. The van der Waals surface area contributed by atoms with Crippen molar-refractivity contribution in [2.45, 2.75) is 58.9 Å². The standard InChI is InChI=1S/C12H22N2/c1-6-10(3)14-9-13-8-11(14)12(4,5)7-2/h8-10H,6-7H2,1-5H3. The van der Waals surface area contributed by atoms with Gasteiger partial charge in [-0.3, -0.25) is 0 Å². The summed E-state index contributed by atoms with van der Waals surface area (Å²) in [6, 6.07) is 0.554. The molecule has 0 fully saturated rings. The molecule has 0 saturated heterocycles. The largest absolute Gasteiger partial charge is 0.331 e. The molecule has 0 saturated carbocycles. The van der Waals surface area contributed by atoms with Crippen LogP contribution in [0.25, 0.3) is 0 Å². The minimum absolute atomic E-state index is 0.236. The SMILES string of the molecule is CCC(C)n1cncc1C(C)(C)CC. The van der Waals surface area contributed by atoms with Gasteiger partial charge in [0.05, 0.1) is 6.33 Å². The number of hydrogen-bond acceptors (Lipinski definition) is 1. The van der Waals surface area contributed by atoms with Gasteiger partial charge in [0, 0.05) is 23.3 Å². The van der Waals surface area contributed by atoms with Crippen LogP contribution in [0.3, 0.4) is 0 Å². The van der Waals surface area contributed by atoms with Crippen molar-refractivity contribution in [1.29, 1.82) is 0 Å². The Labute approximate surface area is 87.4 Å². The highest BCUT2D eigenvalue weighted by Crippen LogP contribution is 2.28. The van der Waals surface area contributed by atoms with Gasteiger partial charge in [0.15, 0.2) is 0 Å². The van der Waals surface area contributed by atoms with E-state index in [4.69, 9.17) is 0 Å². The highest BCUT2D eigenvalue weighted by molar-refractivity contribution is 5.12. The molecule has 1 heterocycles. The lowest BCUT2D eigenvalue weighted by Gasteiger charge is -2.26. The number of rotatable bonds is 4. The summed E-state index contributed by atoms with van der Waals surface area (Å²) < 4.78 is 2.31. The highest BCUT2D eigenvalue weighted by atomic mass is 15.1. The second kappa shape index (κ2) is 4.16. The molecule has 0 aliphatic heterocycles. The van der Waals surface area contributed by atoms with Crippen molar-refractivity contribution in [2.24, 2.45) is 0 Å². The maximum atomic E-state index is 4.27. The minimum Gasteiger partial charge on any atom is -0.331 e. The van der Waals surface area contributed by atoms with Gasteiger partial charge in [-0.2, -0.15) is 0 Å². The third-order valence-corrected chi connectivity index (χ3v) is 3.31. The fourth-order valence-corrected chi connectivity index (χ4v) is 1.56. The lowest BCUT2D eigenvalue weighted by molar-refractivity contribution is 0.422. The first-order chi connectivity index (χ1) is 6.53. The molecule has 1 unspecified atom stereocenters. The van der Waals surface area contributed by atoms with E-state index in [9.17, 15) is 0 Å². The van der Waals surface area contributed by atoms with E-state index < -0.39 is 0 Å². The van der Waals surface area contributed by atoms with Gasteiger partial charge in [-0.25, -0.2) is 4.98 Å². The van der Waals surface area contributed by atoms with Crippen LogP contribution in [0.5, 0.6) is 0 Å². The lowest BCUT2D eigenvalue weighted by Crippen LogP contribution is -2.21. The molecule has 0 spiro atoms. The van der Waals surface area contributed by atoms with Gasteiger partial charge in [0.1, 0.15) is 0 Å². The van der Waals surface area contributed by atoms with E-state index in [1.165, 1.54) is 5.69 Å². The quantitative estimate of drug-likeness (QED) is 0.717. The molecule has 1 atom stereocenters. The topological polar surface area (TPSA) is 17.8 Å². The number of aromatic nitrogens is 2. The van der Waals surface area contributed by atoms with Crippen molar-refractivity contribution in [3.63, 3.8) is 0 Å². The van der Waals surface area contributed by atoms with Crippen LogP contribution in [0.4, 0.5) is 0 Å².